The molecule has 1 fully saturated rings. The van der Waals surface area contributed by atoms with Crippen LogP contribution in [0.1, 0.15) is 31.2 Å². The standard InChI is InChI=1S/C22H25N3O/c1-23-21(26)13-15-11-17-14-19(16-7-3-2-4-8-16)25-22(17)20(12-15)24-18-9-5-6-10-18/h2-4,7-8,11-12,14,18,24-25H,5-6,9-10,13H2,1H3,(H,23,26). The number of carbonyl (C=O) groups is 1. The highest BCUT2D eigenvalue weighted by Gasteiger charge is 2.17. The molecule has 3 N–H and O–H groups in total. The van der Waals surface area contributed by atoms with Crippen molar-refractivity contribution in [2.75, 3.05) is 12.4 Å². The number of carbonyl (C=O) groups excluding carboxylic acids is 1. The molecule has 1 aliphatic rings. The highest BCUT2D eigenvalue weighted by molar-refractivity contribution is 5.96. The number of rotatable bonds is 5. The van der Waals surface area contributed by atoms with Gasteiger partial charge in [-0.3, -0.25) is 4.79 Å². The largest absolute Gasteiger partial charge is 0.381 e. The van der Waals surface area contributed by atoms with Gasteiger partial charge in [-0.15, -0.1) is 0 Å². The quantitative estimate of drug-likeness (QED) is 0.637. The molecule has 1 aromatic heterocycles. The molecule has 0 unspecified atom stereocenters. The molecule has 3 aromatic rings. The zero-order valence-corrected chi connectivity index (χ0v) is 15.1. The summed E-state index contributed by atoms with van der Waals surface area (Å²) in [6, 6.07) is 17.3. The minimum Gasteiger partial charge on any atom is -0.381 e. The maximum absolute atomic E-state index is 11.9. The van der Waals surface area contributed by atoms with Crippen LogP contribution in [0.3, 0.4) is 0 Å². The van der Waals surface area contributed by atoms with E-state index in [4.69, 9.17) is 0 Å². The minimum atomic E-state index is 0.0370. The molecular formula is C22H25N3O. The summed E-state index contributed by atoms with van der Waals surface area (Å²) in [5, 5.41) is 7.58. The molecule has 1 aliphatic carbocycles. The van der Waals surface area contributed by atoms with E-state index in [-0.39, 0.29) is 5.91 Å². The summed E-state index contributed by atoms with van der Waals surface area (Å²) in [5.41, 5.74) is 5.54. The van der Waals surface area contributed by atoms with Crippen LogP contribution < -0.4 is 10.6 Å². The van der Waals surface area contributed by atoms with Gasteiger partial charge in [0, 0.05) is 24.2 Å². The van der Waals surface area contributed by atoms with E-state index in [0.29, 0.717) is 12.5 Å². The number of likely N-dealkylation sites (N-methyl/N-ethyl adjacent to an activating group) is 1. The second-order valence-electron chi connectivity index (χ2n) is 7.13. The van der Waals surface area contributed by atoms with Crippen LogP contribution in [0.4, 0.5) is 5.69 Å². The number of nitrogens with one attached hydrogen (secondary N) is 3. The Bertz CT molecular complexity index is 908. The van der Waals surface area contributed by atoms with Crippen molar-refractivity contribution in [3.05, 3.63) is 54.1 Å². The van der Waals surface area contributed by atoms with E-state index < -0.39 is 0 Å². The molecule has 0 saturated heterocycles. The van der Waals surface area contributed by atoms with Gasteiger partial charge >= 0.3 is 0 Å². The Labute approximate surface area is 154 Å². The zero-order valence-electron chi connectivity index (χ0n) is 15.1. The van der Waals surface area contributed by atoms with Gasteiger partial charge in [-0.05, 0) is 42.2 Å². The first-order chi connectivity index (χ1) is 12.7. The monoisotopic (exact) mass is 347 g/mol. The van der Waals surface area contributed by atoms with Crippen LogP contribution in [0.25, 0.3) is 22.2 Å². The molecular weight excluding hydrogens is 322 g/mol. The predicted octanol–water partition coefficient (Wildman–Crippen LogP) is 4.48. The average Bonchev–Trinajstić information content (AvgIpc) is 3.32. The maximum atomic E-state index is 11.9. The summed E-state index contributed by atoms with van der Waals surface area (Å²) in [6.45, 7) is 0. The van der Waals surface area contributed by atoms with Crippen LogP contribution in [0.2, 0.25) is 0 Å². The predicted molar refractivity (Wildman–Crippen MR) is 107 cm³/mol. The Morgan fingerprint density at radius 2 is 1.88 bits per heavy atom. The fourth-order valence-corrected chi connectivity index (χ4v) is 3.86. The highest BCUT2D eigenvalue weighted by Crippen LogP contribution is 2.32. The van der Waals surface area contributed by atoms with Gasteiger partial charge in [0.25, 0.3) is 0 Å². The molecule has 0 aliphatic heterocycles. The Morgan fingerprint density at radius 1 is 1.12 bits per heavy atom. The van der Waals surface area contributed by atoms with E-state index in [1.165, 1.54) is 31.2 Å². The van der Waals surface area contributed by atoms with E-state index in [1.54, 1.807) is 7.05 Å². The number of hydrogen-bond donors (Lipinski definition) is 3. The summed E-state index contributed by atoms with van der Waals surface area (Å²) in [4.78, 5) is 15.4. The third kappa shape index (κ3) is 3.45. The van der Waals surface area contributed by atoms with Crippen LogP contribution >= 0.6 is 0 Å². The first kappa shape index (κ1) is 16.7. The lowest BCUT2D eigenvalue weighted by Gasteiger charge is -2.15. The number of aromatic amines is 1. The Morgan fingerprint density at radius 3 is 2.62 bits per heavy atom. The van der Waals surface area contributed by atoms with E-state index in [2.05, 4.69) is 58.1 Å². The lowest BCUT2D eigenvalue weighted by atomic mass is 10.1. The van der Waals surface area contributed by atoms with E-state index in [9.17, 15) is 4.79 Å². The lowest BCUT2D eigenvalue weighted by Crippen LogP contribution is -2.20. The van der Waals surface area contributed by atoms with E-state index in [0.717, 1.165) is 27.8 Å². The second-order valence-corrected chi connectivity index (χ2v) is 7.13. The number of fused-ring (bicyclic) bond motifs is 1. The van der Waals surface area contributed by atoms with Gasteiger partial charge in [0.05, 0.1) is 17.6 Å². The fourth-order valence-electron chi connectivity index (χ4n) is 3.86. The molecule has 1 saturated carbocycles. The van der Waals surface area contributed by atoms with E-state index in [1.807, 2.05) is 6.07 Å². The SMILES string of the molecule is CNC(=O)Cc1cc(NC2CCCC2)c2[nH]c(-c3ccccc3)cc2c1. The molecule has 1 heterocycles. The number of hydrogen-bond acceptors (Lipinski definition) is 2. The van der Waals surface area contributed by atoms with Gasteiger partial charge in [-0.2, -0.15) is 0 Å². The molecule has 4 heteroatoms. The van der Waals surface area contributed by atoms with Crippen molar-refractivity contribution in [1.82, 2.24) is 10.3 Å². The van der Waals surface area contributed by atoms with Crippen molar-refractivity contribution >= 4 is 22.5 Å². The molecule has 0 radical (unpaired) electrons. The molecule has 0 atom stereocenters. The molecule has 0 bridgehead atoms. The highest BCUT2D eigenvalue weighted by atomic mass is 16.1. The zero-order chi connectivity index (χ0) is 17.9. The minimum absolute atomic E-state index is 0.0370. The molecule has 26 heavy (non-hydrogen) atoms. The number of amides is 1. The van der Waals surface area contributed by atoms with Crippen molar-refractivity contribution in [3.63, 3.8) is 0 Å². The van der Waals surface area contributed by atoms with Crippen LogP contribution in [0.15, 0.2) is 48.5 Å². The van der Waals surface area contributed by atoms with Gasteiger partial charge < -0.3 is 15.6 Å². The van der Waals surface area contributed by atoms with Crippen molar-refractivity contribution in [2.24, 2.45) is 0 Å². The Hall–Kier alpha value is -2.75. The molecule has 4 rings (SSSR count). The summed E-state index contributed by atoms with van der Waals surface area (Å²) in [5.74, 6) is 0.0370. The molecule has 2 aromatic carbocycles. The van der Waals surface area contributed by atoms with Crippen LogP contribution in [0.5, 0.6) is 0 Å². The lowest BCUT2D eigenvalue weighted by molar-refractivity contribution is -0.119. The van der Waals surface area contributed by atoms with E-state index >= 15 is 0 Å². The van der Waals surface area contributed by atoms with Gasteiger partial charge in [0.1, 0.15) is 0 Å². The number of H-pyrrole nitrogens is 1. The Kier molecular flexibility index (Phi) is 4.65. The van der Waals surface area contributed by atoms with Crippen LogP contribution in [-0.2, 0) is 11.2 Å². The average molecular weight is 347 g/mol. The topological polar surface area (TPSA) is 56.9 Å². The maximum Gasteiger partial charge on any atom is 0.224 e. The van der Waals surface area contributed by atoms with Crippen molar-refractivity contribution in [2.45, 2.75) is 38.1 Å². The summed E-state index contributed by atoms with van der Waals surface area (Å²) in [6.07, 6.45) is 5.41. The first-order valence-corrected chi connectivity index (χ1v) is 9.41. The van der Waals surface area contributed by atoms with Gasteiger partial charge in [-0.25, -0.2) is 0 Å². The number of benzene rings is 2. The summed E-state index contributed by atoms with van der Waals surface area (Å²) < 4.78 is 0. The molecule has 1 amide bonds. The van der Waals surface area contributed by atoms with Crippen molar-refractivity contribution in [1.29, 1.82) is 0 Å². The van der Waals surface area contributed by atoms with Gasteiger partial charge in [0.2, 0.25) is 5.91 Å². The first-order valence-electron chi connectivity index (χ1n) is 9.41. The van der Waals surface area contributed by atoms with Crippen LogP contribution in [0, 0.1) is 0 Å². The summed E-state index contributed by atoms with van der Waals surface area (Å²) >= 11 is 0. The Balaban J connectivity index is 1.76. The fraction of sp³-hybridized carbons (Fsp3) is 0.318. The number of anilines is 1. The van der Waals surface area contributed by atoms with Crippen molar-refractivity contribution in [3.8, 4) is 11.3 Å². The normalized spacial score (nSPS) is 14.7. The molecule has 4 nitrogen and oxygen atoms in total. The molecule has 134 valence electrons. The molecule has 0 spiro atoms. The smallest absolute Gasteiger partial charge is 0.224 e. The van der Waals surface area contributed by atoms with Crippen LogP contribution in [-0.4, -0.2) is 24.0 Å². The third-order valence-corrected chi connectivity index (χ3v) is 5.23. The van der Waals surface area contributed by atoms with Gasteiger partial charge in [0.15, 0.2) is 0 Å². The summed E-state index contributed by atoms with van der Waals surface area (Å²) in [7, 11) is 1.68. The van der Waals surface area contributed by atoms with Gasteiger partial charge in [-0.1, -0.05) is 43.2 Å². The third-order valence-electron chi connectivity index (χ3n) is 5.23. The number of aromatic nitrogens is 1. The second kappa shape index (κ2) is 7.24. The van der Waals surface area contributed by atoms with Crippen molar-refractivity contribution < 1.29 is 4.79 Å².